The van der Waals surface area contributed by atoms with E-state index in [1.54, 1.807) is 6.21 Å². The van der Waals surface area contributed by atoms with E-state index in [0.717, 1.165) is 12.1 Å². The molecule has 5 nitrogen and oxygen atoms in total. The van der Waals surface area contributed by atoms with Crippen LogP contribution in [-0.4, -0.2) is 23.8 Å². The number of carbonyl (C=O) groups excluding carboxylic acids is 1. The monoisotopic (exact) mass is 344 g/mol. The molecule has 0 saturated heterocycles. The number of hydrogen-bond acceptors (Lipinski definition) is 3. The maximum Gasteiger partial charge on any atom is 0.416 e. The summed E-state index contributed by atoms with van der Waals surface area (Å²) in [5.74, 6) is -0.364. The van der Waals surface area contributed by atoms with Crippen molar-refractivity contribution in [2.75, 3.05) is 11.9 Å². The lowest BCUT2D eigenvalue weighted by molar-refractivity contribution is -0.137. The number of carbonyl (C=O) groups is 1. The molecule has 3 N–H and O–H groups in total. The highest BCUT2D eigenvalue weighted by molar-refractivity contribution is 7.80. The smallest absolute Gasteiger partial charge is 0.362 e. The first-order valence-electron chi connectivity index (χ1n) is 6.91. The number of hydrazone groups is 1. The molecule has 0 aromatic heterocycles. The van der Waals surface area contributed by atoms with Gasteiger partial charge >= 0.3 is 6.18 Å². The van der Waals surface area contributed by atoms with E-state index in [1.807, 2.05) is 0 Å². The highest BCUT2D eigenvalue weighted by Crippen LogP contribution is 2.30. The SMILES string of the molecule is O=C1NN=CC1CCCNC(=S)Nc1cccc(C(F)(F)F)c1. The van der Waals surface area contributed by atoms with E-state index in [1.165, 1.54) is 12.1 Å². The average molecular weight is 344 g/mol. The predicted molar refractivity (Wildman–Crippen MR) is 85.0 cm³/mol. The second-order valence-corrected chi connectivity index (χ2v) is 5.37. The fourth-order valence-electron chi connectivity index (χ4n) is 2.02. The van der Waals surface area contributed by atoms with Gasteiger partial charge in [0.15, 0.2) is 5.11 Å². The first-order valence-corrected chi connectivity index (χ1v) is 7.32. The molecule has 124 valence electrons. The first kappa shape index (κ1) is 17.2. The van der Waals surface area contributed by atoms with Crippen molar-refractivity contribution in [1.29, 1.82) is 0 Å². The highest BCUT2D eigenvalue weighted by atomic mass is 32.1. The second-order valence-electron chi connectivity index (χ2n) is 4.96. The largest absolute Gasteiger partial charge is 0.416 e. The lowest BCUT2D eigenvalue weighted by Crippen LogP contribution is -2.30. The number of rotatable bonds is 5. The molecule has 1 unspecified atom stereocenters. The van der Waals surface area contributed by atoms with Crippen molar-refractivity contribution >= 4 is 35.1 Å². The molecular formula is C14H15F3N4OS. The van der Waals surface area contributed by atoms with E-state index >= 15 is 0 Å². The zero-order chi connectivity index (χ0) is 16.9. The Balaban J connectivity index is 1.74. The third-order valence-electron chi connectivity index (χ3n) is 3.19. The number of alkyl halides is 3. The van der Waals surface area contributed by atoms with Crippen LogP contribution in [0.25, 0.3) is 0 Å². The van der Waals surface area contributed by atoms with Gasteiger partial charge in [-0.05, 0) is 43.3 Å². The van der Waals surface area contributed by atoms with Crippen molar-refractivity contribution in [3.8, 4) is 0 Å². The Bertz CT molecular complexity index is 618. The van der Waals surface area contributed by atoms with Gasteiger partial charge in [0.1, 0.15) is 0 Å². The minimum atomic E-state index is -4.39. The van der Waals surface area contributed by atoms with Gasteiger partial charge in [0, 0.05) is 18.4 Å². The second kappa shape index (κ2) is 7.40. The average Bonchev–Trinajstić information content (AvgIpc) is 2.88. The Morgan fingerprint density at radius 1 is 1.39 bits per heavy atom. The number of amides is 1. The van der Waals surface area contributed by atoms with E-state index in [9.17, 15) is 18.0 Å². The van der Waals surface area contributed by atoms with Crippen molar-refractivity contribution in [1.82, 2.24) is 10.7 Å². The summed E-state index contributed by atoms with van der Waals surface area (Å²) in [6.45, 7) is 0.502. The van der Waals surface area contributed by atoms with Crippen molar-refractivity contribution < 1.29 is 18.0 Å². The highest BCUT2D eigenvalue weighted by Gasteiger charge is 2.30. The third kappa shape index (κ3) is 5.20. The Morgan fingerprint density at radius 3 is 2.83 bits per heavy atom. The summed E-state index contributed by atoms with van der Waals surface area (Å²) in [5.41, 5.74) is 1.87. The summed E-state index contributed by atoms with van der Waals surface area (Å²) in [7, 11) is 0. The molecule has 0 fully saturated rings. The molecule has 0 radical (unpaired) electrons. The number of halogens is 3. The summed E-state index contributed by atoms with van der Waals surface area (Å²) in [6.07, 6.45) is -1.54. The number of thiocarbonyl (C=S) groups is 1. The molecule has 1 aromatic rings. The van der Waals surface area contributed by atoms with Gasteiger partial charge in [0.05, 0.1) is 11.5 Å². The first-order chi connectivity index (χ1) is 10.9. The van der Waals surface area contributed by atoms with E-state index < -0.39 is 11.7 Å². The molecule has 9 heteroatoms. The van der Waals surface area contributed by atoms with Gasteiger partial charge in [-0.3, -0.25) is 4.79 Å². The molecule has 0 aliphatic carbocycles. The minimum absolute atomic E-state index is 0.130. The number of anilines is 1. The molecule has 1 heterocycles. The van der Waals surface area contributed by atoms with Gasteiger partial charge in [-0.2, -0.15) is 18.3 Å². The zero-order valence-electron chi connectivity index (χ0n) is 12.0. The molecular weight excluding hydrogens is 329 g/mol. The van der Waals surface area contributed by atoms with Gasteiger partial charge in [-0.25, -0.2) is 5.43 Å². The molecule has 0 spiro atoms. The Morgan fingerprint density at radius 2 is 2.17 bits per heavy atom. The van der Waals surface area contributed by atoms with Crippen LogP contribution in [0.5, 0.6) is 0 Å². The molecule has 23 heavy (non-hydrogen) atoms. The molecule has 1 atom stereocenters. The van der Waals surface area contributed by atoms with E-state index in [-0.39, 0.29) is 22.6 Å². The molecule has 1 amide bonds. The van der Waals surface area contributed by atoms with Gasteiger partial charge < -0.3 is 10.6 Å². The minimum Gasteiger partial charge on any atom is -0.362 e. The van der Waals surface area contributed by atoms with Crippen LogP contribution in [0.3, 0.4) is 0 Å². The topological polar surface area (TPSA) is 65.5 Å². The summed E-state index contributed by atoms with van der Waals surface area (Å²) in [4.78, 5) is 11.3. The van der Waals surface area contributed by atoms with Crippen molar-refractivity contribution in [2.45, 2.75) is 19.0 Å². The van der Waals surface area contributed by atoms with Crippen LogP contribution in [0.1, 0.15) is 18.4 Å². The molecule has 0 saturated carbocycles. The summed E-state index contributed by atoms with van der Waals surface area (Å²) in [6, 6.07) is 4.80. The van der Waals surface area contributed by atoms with Gasteiger partial charge in [-0.15, -0.1) is 0 Å². The fourth-order valence-corrected chi connectivity index (χ4v) is 2.24. The summed E-state index contributed by atoms with van der Waals surface area (Å²) in [5, 5.41) is 9.50. The van der Waals surface area contributed by atoms with Crippen LogP contribution < -0.4 is 16.1 Å². The number of nitrogens with one attached hydrogen (secondary N) is 3. The molecule has 1 aliphatic heterocycles. The van der Waals surface area contributed by atoms with Gasteiger partial charge in [0.25, 0.3) is 0 Å². The van der Waals surface area contributed by atoms with E-state index in [2.05, 4.69) is 21.2 Å². The van der Waals surface area contributed by atoms with Crippen LogP contribution in [0, 0.1) is 5.92 Å². The van der Waals surface area contributed by atoms with Crippen LogP contribution in [0.4, 0.5) is 18.9 Å². The molecule has 0 bridgehead atoms. The van der Waals surface area contributed by atoms with E-state index in [4.69, 9.17) is 12.2 Å². The van der Waals surface area contributed by atoms with Crippen molar-refractivity contribution in [3.05, 3.63) is 29.8 Å². The Kier molecular flexibility index (Phi) is 5.54. The number of hydrogen-bond donors (Lipinski definition) is 3. The van der Waals surface area contributed by atoms with E-state index in [0.29, 0.717) is 19.4 Å². The van der Waals surface area contributed by atoms with Gasteiger partial charge in [-0.1, -0.05) is 6.07 Å². The van der Waals surface area contributed by atoms with Crippen molar-refractivity contribution in [3.63, 3.8) is 0 Å². The van der Waals surface area contributed by atoms with Crippen LogP contribution in [-0.2, 0) is 11.0 Å². The molecule has 1 aliphatic rings. The molecule has 2 rings (SSSR count). The lowest BCUT2D eigenvalue weighted by atomic mass is 10.1. The maximum atomic E-state index is 12.6. The fraction of sp³-hybridized carbons (Fsp3) is 0.357. The van der Waals surface area contributed by atoms with Crippen LogP contribution in [0.2, 0.25) is 0 Å². The standard InChI is InChI=1S/C14H15F3N4OS/c15-14(16,17)10-4-1-5-11(7-10)20-13(23)18-6-2-3-9-8-19-21-12(9)22/h1,4-5,7-9H,2-3,6H2,(H,21,22)(H2,18,20,23). The van der Waals surface area contributed by atoms with Crippen molar-refractivity contribution in [2.24, 2.45) is 11.0 Å². The summed E-state index contributed by atoms with van der Waals surface area (Å²) < 4.78 is 37.8. The zero-order valence-corrected chi connectivity index (χ0v) is 12.8. The Labute approximate surface area is 136 Å². The third-order valence-corrected chi connectivity index (χ3v) is 3.44. The van der Waals surface area contributed by atoms with Crippen LogP contribution in [0.15, 0.2) is 29.4 Å². The van der Waals surface area contributed by atoms with Crippen LogP contribution >= 0.6 is 12.2 Å². The quantitative estimate of drug-likeness (QED) is 0.567. The maximum absolute atomic E-state index is 12.6. The number of nitrogens with zero attached hydrogens (tertiary/aromatic N) is 1. The predicted octanol–water partition coefficient (Wildman–Crippen LogP) is 2.50. The summed E-state index contributed by atoms with van der Waals surface area (Å²) >= 11 is 5.03. The Hall–Kier alpha value is -2.16. The van der Waals surface area contributed by atoms with Gasteiger partial charge in [0.2, 0.25) is 5.91 Å². The lowest BCUT2D eigenvalue weighted by Gasteiger charge is -2.13. The molecule has 1 aromatic carbocycles. The number of benzene rings is 1. The normalized spacial score (nSPS) is 17.0.